The Kier molecular flexibility index (Phi) is 4.72. The molecule has 0 bridgehead atoms. The SMILES string of the molecule is O=C(CSc1nc2cccnc2s1)c1ccc(OC(F)(F)F)cc1. The van der Waals surface area contributed by atoms with Crippen LogP contribution in [0.1, 0.15) is 10.4 Å². The molecule has 3 rings (SSSR count). The summed E-state index contributed by atoms with van der Waals surface area (Å²) in [4.78, 5) is 21.4. The van der Waals surface area contributed by atoms with Crippen molar-refractivity contribution in [1.29, 1.82) is 0 Å². The van der Waals surface area contributed by atoms with E-state index in [1.54, 1.807) is 12.3 Å². The summed E-state index contributed by atoms with van der Waals surface area (Å²) in [5.41, 5.74) is 1.09. The number of thioether (sulfide) groups is 1. The number of aromatic nitrogens is 2. The lowest BCUT2D eigenvalue weighted by molar-refractivity contribution is -0.274. The molecule has 4 nitrogen and oxygen atoms in total. The van der Waals surface area contributed by atoms with Crippen LogP contribution in [0, 0.1) is 0 Å². The van der Waals surface area contributed by atoms with Gasteiger partial charge in [-0.1, -0.05) is 23.1 Å². The molecular weight excluding hydrogens is 361 g/mol. The fourth-order valence-electron chi connectivity index (χ4n) is 1.86. The zero-order chi connectivity index (χ0) is 17.2. The highest BCUT2D eigenvalue weighted by molar-refractivity contribution is 8.01. The van der Waals surface area contributed by atoms with Crippen molar-refractivity contribution in [3.05, 3.63) is 48.2 Å². The van der Waals surface area contributed by atoms with Crippen molar-refractivity contribution < 1.29 is 22.7 Å². The summed E-state index contributed by atoms with van der Waals surface area (Å²) in [6, 6.07) is 8.48. The number of ketones is 1. The van der Waals surface area contributed by atoms with Crippen LogP contribution in [0.3, 0.4) is 0 Å². The molecule has 1 aromatic carbocycles. The van der Waals surface area contributed by atoms with Gasteiger partial charge in [-0.25, -0.2) is 9.97 Å². The summed E-state index contributed by atoms with van der Waals surface area (Å²) >= 11 is 2.66. The Hall–Kier alpha value is -2.13. The van der Waals surface area contributed by atoms with E-state index in [1.165, 1.54) is 35.2 Å². The number of fused-ring (bicyclic) bond motifs is 1. The van der Waals surface area contributed by atoms with E-state index in [2.05, 4.69) is 14.7 Å². The molecule has 0 saturated carbocycles. The molecule has 0 amide bonds. The van der Waals surface area contributed by atoms with Gasteiger partial charge in [-0.3, -0.25) is 4.79 Å². The molecule has 9 heteroatoms. The van der Waals surface area contributed by atoms with Gasteiger partial charge in [-0.15, -0.1) is 13.2 Å². The number of benzene rings is 1. The van der Waals surface area contributed by atoms with Crippen LogP contribution in [0.15, 0.2) is 46.9 Å². The number of Topliss-reactive ketones (excluding diaryl/α,β-unsaturated/α-hetero) is 1. The number of alkyl halides is 3. The first kappa shape index (κ1) is 16.7. The fourth-order valence-corrected chi connectivity index (χ4v) is 3.74. The number of nitrogens with zero attached hydrogens (tertiary/aromatic N) is 2. The molecule has 0 aliphatic carbocycles. The Bertz CT molecular complexity index is 830. The zero-order valence-corrected chi connectivity index (χ0v) is 13.5. The highest BCUT2D eigenvalue weighted by atomic mass is 32.2. The van der Waals surface area contributed by atoms with Gasteiger partial charge in [0.1, 0.15) is 16.1 Å². The monoisotopic (exact) mass is 370 g/mol. The van der Waals surface area contributed by atoms with Gasteiger partial charge in [0, 0.05) is 11.8 Å². The number of pyridine rings is 1. The predicted molar refractivity (Wildman–Crippen MR) is 85.6 cm³/mol. The number of hydrogen-bond donors (Lipinski definition) is 0. The molecule has 0 aliphatic heterocycles. The van der Waals surface area contributed by atoms with Crippen molar-refractivity contribution in [3.63, 3.8) is 0 Å². The summed E-state index contributed by atoms with van der Waals surface area (Å²) in [5, 5.41) is 0. The van der Waals surface area contributed by atoms with E-state index >= 15 is 0 Å². The largest absolute Gasteiger partial charge is 0.573 e. The van der Waals surface area contributed by atoms with Gasteiger partial charge >= 0.3 is 6.36 Å². The van der Waals surface area contributed by atoms with E-state index in [0.717, 1.165) is 22.5 Å². The van der Waals surface area contributed by atoms with Crippen molar-refractivity contribution in [2.24, 2.45) is 0 Å². The molecule has 0 fully saturated rings. The van der Waals surface area contributed by atoms with Gasteiger partial charge in [0.05, 0.1) is 5.75 Å². The quantitative estimate of drug-likeness (QED) is 0.487. The summed E-state index contributed by atoms with van der Waals surface area (Å²) < 4.78 is 40.8. The molecule has 0 spiro atoms. The van der Waals surface area contributed by atoms with E-state index in [9.17, 15) is 18.0 Å². The van der Waals surface area contributed by atoms with Crippen LogP contribution >= 0.6 is 23.1 Å². The predicted octanol–water partition coefficient (Wildman–Crippen LogP) is 4.56. The van der Waals surface area contributed by atoms with Crippen LogP contribution < -0.4 is 4.74 Å². The van der Waals surface area contributed by atoms with Crippen molar-refractivity contribution in [1.82, 2.24) is 9.97 Å². The van der Waals surface area contributed by atoms with Crippen LogP contribution in [0.25, 0.3) is 10.3 Å². The summed E-state index contributed by atoms with van der Waals surface area (Å²) in [7, 11) is 0. The van der Waals surface area contributed by atoms with Gasteiger partial charge in [0.15, 0.2) is 10.1 Å². The Morgan fingerprint density at radius 2 is 1.96 bits per heavy atom. The maximum absolute atomic E-state index is 12.1. The van der Waals surface area contributed by atoms with E-state index < -0.39 is 6.36 Å². The minimum atomic E-state index is -4.75. The van der Waals surface area contributed by atoms with E-state index in [4.69, 9.17) is 0 Å². The molecule has 0 saturated heterocycles. The second-order valence-corrected chi connectivity index (χ2v) is 6.79. The van der Waals surface area contributed by atoms with Gasteiger partial charge in [0.2, 0.25) is 0 Å². The van der Waals surface area contributed by atoms with Crippen molar-refractivity contribution in [3.8, 4) is 5.75 Å². The highest BCUT2D eigenvalue weighted by Crippen LogP contribution is 2.29. The zero-order valence-electron chi connectivity index (χ0n) is 11.9. The summed E-state index contributed by atoms with van der Waals surface area (Å²) in [6.07, 6.45) is -3.08. The molecule has 0 N–H and O–H groups in total. The fraction of sp³-hybridized carbons (Fsp3) is 0.133. The first-order valence-corrected chi connectivity index (χ1v) is 8.44. The molecule has 24 heavy (non-hydrogen) atoms. The number of ether oxygens (including phenoxy) is 1. The Morgan fingerprint density at radius 1 is 1.21 bits per heavy atom. The standard InChI is InChI=1S/C15H9F3N2O2S2/c16-15(17,18)22-10-5-3-9(4-6-10)12(21)8-23-14-20-11-2-1-7-19-13(11)24-14/h1-7H,8H2. The first-order valence-electron chi connectivity index (χ1n) is 6.64. The summed E-state index contributed by atoms with van der Waals surface area (Å²) in [5.74, 6) is -0.422. The van der Waals surface area contributed by atoms with Gasteiger partial charge < -0.3 is 4.74 Å². The molecule has 124 valence electrons. The smallest absolute Gasteiger partial charge is 0.406 e. The summed E-state index contributed by atoms with van der Waals surface area (Å²) in [6.45, 7) is 0. The Morgan fingerprint density at radius 3 is 2.62 bits per heavy atom. The minimum Gasteiger partial charge on any atom is -0.406 e. The average molecular weight is 370 g/mol. The molecular formula is C15H9F3N2O2S2. The van der Waals surface area contributed by atoms with Gasteiger partial charge in [-0.2, -0.15) is 0 Å². The van der Waals surface area contributed by atoms with E-state index in [0.29, 0.717) is 9.90 Å². The van der Waals surface area contributed by atoms with Crippen molar-refractivity contribution in [2.75, 3.05) is 5.75 Å². The molecule has 0 unspecified atom stereocenters. The molecule has 2 heterocycles. The topological polar surface area (TPSA) is 52.1 Å². The lowest BCUT2D eigenvalue weighted by Crippen LogP contribution is -2.17. The number of rotatable bonds is 5. The lowest BCUT2D eigenvalue weighted by atomic mass is 10.1. The van der Waals surface area contributed by atoms with Crippen LogP contribution in [-0.4, -0.2) is 27.9 Å². The third-order valence-corrected chi connectivity index (χ3v) is 5.01. The number of hydrogen-bond acceptors (Lipinski definition) is 6. The molecule has 0 atom stereocenters. The average Bonchev–Trinajstić information content (AvgIpc) is 2.94. The second-order valence-electron chi connectivity index (χ2n) is 4.59. The normalized spacial score (nSPS) is 11.6. The van der Waals surface area contributed by atoms with Crippen LogP contribution in [0.2, 0.25) is 0 Å². The maximum Gasteiger partial charge on any atom is 0.573 e. The second kappa shape index (κ2) is 6.78. The Labute approximate surface area is 142 Å². The van der Waals surface area contributed by atoms with Gasteiger partial charge in [-0.05, 0) is 36.4 Å². The first-order chi connectivity index (χ1) is 11.4. The molecule has 0 aliphatic rings. The van der Waals surface area contributed by atoms with Crippen LogP contribution in [0.4, 0.5) is 13.2 Å². The third kappa shape index (κ3) is 4.24. The van der Waals surface area contributed by atoms with Crippen LogP contribution in [0.5, 0.6) is 5.75 Å². The highest BCUT2D eigenvalue weighted by Gasteiger charge is 2.31. The van der Waals surface area contributed by atoms with Crippen LogP contribution in [-0.2, 0) is 0 Å². The number of thiazole rings is 1. The van der Waals surface area contributed by atoms with Crippen molar-refractivity contribution >= 4 is 39.2 Å². The minimum absolute atomic E-state index is 0.138. The Balaban J connectivity index is 1.62. The molecule has 2 aromatic heterocycles. The number of carbonyl (C=O) groups is 1. The van der Waals surface area contributed by atoms with Crippen molar-refractivity contribution in [2.45, 2.75) is 10.7 Å². The number of carbonyl (C=O) groups excluding carboxylic acids is 1. The molecule has 3 aromatic rings. The molecule has 0 radical (unpaired) electrons. The maximum atomic E-state index is 12.1. The third-order valence-electron chi connectivity index (χ3n) is 2.88. The van der Waals surface area contributed by atoms with E-state index in [1.807, 2.05) is 6.07 Å². The van der Waals surface area contributed by atoms with E-state index in [-0.39, 0.29) is 17.3 Å². The van der Waals surface area contributed by atoms with Gasteiger partial charge in [0.25, 0.3) is 0 Å². The number of halogens is 3. The lowest BCUT2D eigenvalue weighted by Gasteiger charge is -2.08.